The lowest BCUT2D eigenvalue weighted by Crippen LogP contribution is -2.17. The molecule has 1 atom stereocenters. The number of anilines is 1. The Morgan fingerprint density at radius 2 is 2.29 bits per heavy atom. The summed E-state index contributed by atoms with van der Waals surface area (Å²) < 4.78 is 40.7. The molecule has 0 aromatic heterocycles. The fourth-order valence-electron chi connectivity index (χ4n) is 2.04. The van der Waals surface area contributed by atoms with E-state index in [9.17, 15) is 17.6 Å². The van der Waals surface area contributed by atoms with E-state index in [0.717, 1.165) is 0 Å². The number of thioether (sulfide) groups is 1. The van der Waals surface area contributed by atoms with Crippen molar-refractivity contribution in [3.63, 3.8) is 0 Å². The first-order valence-electron chi connectivity index (χ1n) is 6.35. The van der Waals surface area contributed by atoms with Crippen LogP contribution in [0.5, 0.6) is 5.75 Å². The van der Waals surface area contributed by atoms with Gasteiger partial charge in [0.05, 0.1) is 30.1 Å². The summed E-state index contributed by atoms with van der Waals surface area (Å²) in [4.78, 5) is 11.9. The molecule has 1 aliphatic heterocycles. The van der Waals surface area contributed by atoms with Crippen LogP contribution in [-0.2, 0) is 14.6 Å². The fraction of sp³-hybridized carbons (Fsp3) is 0.462. The Labute approximate surface area is 127 Å². The third-order valence-electron chi connectivity index (χ3n) is 3.08. The SMILES string of the molecule is COc1cc(F)ccc1NC(=O)CSC1CCS(=O)(=O)C1. The molecule has 1 aliphatic rings. The number of benzene rings is 1. The summed E-state index contributed by atoms with van der Waals surface area (Å²) in [7, 11) is -1.54. The number of ether oxygens (including phenoxy) is 1. The van der Waals surface area contributed by atoms with Crippen LogP contribution in [0.1, 0.15) is 6.42 Å². The van der Waals surface area contributed by atoms with Crippen molar-refractivity contribution in [3.8, 4) is 5.75 Å². The summed E-state index contributed by atoms with van der Waals surface area (Å²) in [5.41, 5.74) is 0.392. The van der Waals surface area contributed by atoms with Crippen LogP contribution in [0.3, 0.4) is 0 Å². The minimum Gasteiger partial charge on any atom is -0.494 e. The minimum absolute atomic E-state index is 0.0316. The van der Waals surface area contributed by atoms with Crippen molar-refractivity contribution in [1.82, 2.24) is 0 Å². The monoisotopic (exact) mass is 333 g/mol. The molecule has 1 unspecified atom stereocenters. The molecule has 0 radical (unpaired) electrons. The van der Waals surface area contributed by atoms with Gasteiger partial charge in [-0.25, -0.2) is 12.8 Å². The summed E-state index contributed by atoms with van der Waals surface area (Å²) in [6.07, 6.45) is 0.583. The molecule has 1 fully saturated rings. The minimum atomic E-state index is -2.93. The lowest BCUT2D eigenvalue weighted by atomic mass is 10.3. The second kappa shape index (κ2) is 6.65. The normalized spacial score (nSPS) is 20.2. The molecule has 21 heavy (non-hydrogen) atoms. The standard InChI is InChI=1S/C13H16FNO4S2/c1-19-12-6-9(14)2-3-11(12)15-13(16)7-20-10-4-5-21(17,18)8-10/h2-3,6,10H,4-5,7-8H2,1H3,(H,15,16). The maximum absolute atomic E-state index is 13.0. The first-order valence-corrected chi connectivity index (χ1v) is 9.22. The lowest BCUT2D eigenvalue weighted by molar-refractivity contribution is -0.113. The second-order valence-electron chi connectivity index (χ2n) is 4.73. The molecule has 1 amide bonds. The van der Waals surface area contributed by atoms with Crippen LogP contribution in [-0.4, -0.2) is 43.9 Å². The summed E-state index contributed by atoms with van der Waals surface area (Å²) in [6.45, 7) is 0. The van der Waals surface area contributed by atoms with Gasteiger partial charge in [-0.2, -0.15) is 0 Å². The molecular formula is C13H16FNO4S2. The zero-order chi connectivity index (χ0) is 15.5. The van der Waals surface area contributed by atoms with Gasteiger partial charge < -0.3 is 10.1 Å². The van der Waals surface area contributed by atoms with Crippen molar-refractivity contribution in [2.75, 3.05) is 29.7 Å². The molecule has 116 valence electrons. The zero-order valence-electron chi connectivity index (χ0n) is 11.5. The van der Waals surface area contributed by atoms with Gasteiger partial charge in [0, 0.05) is 11.3 Å². The van der Waals surface area contributed by atoms with Crippen LogP contribution in [0.4, 0.5) is 10.1 Å². The van der Waals surface area contributed by atoms with Crippen LogP contribution in [0, 0.1) is 5.82 Å². The molecule has 1 aromatic rings. The molecule has 8 heteroatoms. The molecule has 2 rings (SSSR count). The lowest BCUT2D eigenvalue weighted by Gasteiger charge is -2.11. The second-order valence-corrected chi connectivity index (χ2v) is 8.25. The Hall–Kier alpha value is -1.28. The van der Waals surface area contributed by atoms with Crippen molar-refractivity contribution in [2.45, 2.75) is 11.7 Å². The highest BCUT2D eigenvalue weighted by atomic mass is 32.2. The van der Waals surface area contributed by atoms with Crippen molar-refractivity contribution in [2.24, 2.45) is 0 Å². The molecule has 1 aromatic carbocycles. The molecule has 5 nitrogen and oxygen atoms in total. The van der Waals surface area contributed by atoms with Gasteiger partial charge in [0.25, 0.3) is 0 Å². The fourth-order valence-corrected chi connectivity index (χ4v) is 5.48. The third-order valence-corrected chi connectivity index (χ3v) is 6.36. The Kier molecular flexibility index (Phi) is 5.10. The van der Waals surface area contributed by atoms with E-state index >= 15 is 0 Å². The first kappa shape index (κ1) is 16.1. The number of methoxy groups -OCH3 is 1. The van der Waals surface area contributed by atoms with Crippen LogP contribution >= 0.6 is 11.8 Å². The molecule has 0 saturated carbocycles. The van der Waals surface area contributed by atoms with Crippen LogP contribution < -0.4 is 10.1 Å². The van der Waals surface area contributed by atoms with E-state index in [1.807, 2.05) is 0 Å². The highest BCUT2D eigenvalue weighted by Crippen LogP contribution is 2.27. The van der Waals surface area contributed by atoms with E-state index in [0.29, 0.717) is 12.1 Å². The zero-order valence-corrected chi connectivity index (χ0v) is 13.1. The number of hydrogen-bond acceptors (Lipinski definition) is 5. The molecule has 1 saturated heterocycles. The van der Waals surface area contributed by atoms with Gasteiger partial charge >= 0.3 is 0 Å². The molecule has 1 N–H and O–H groups in total. The molecule has 0 bridgehead atoms. The van der Waals surface area contributed by atoms with E-state index in [1.54, 1.807) is 0 Å². The van der Waals surface area contributed by atoms with Crippen molar-refractivity contribution >= 4 is 33.2 Å². The largest absolute Gasteiger partial charge is 0.494 e. The van der Waals surface area contributed by atoms with Crippen molar-refractivity contribution in [3.05, 3.63) is 24.0 Å². The van der Waals surface area contributed by atoms with Gasteiger partial charge in [0.2, 0.25) is 5.91 Å². The van der Waals surface area contributed by atoms with Crippen LogP contribution in [0.2, 0.25) is 0 Å². The topological polar surface area (TPSA) is 72.5 Å². The average Bonchev–Trinajstić information content (AvgIpc) is 2.78. The van der Waals surface area contributed by atoms with Crippen LogP contribution in [0.25, 0.3) is 0 Å². The van der Waals surface area contributed by atoms with Gasteiger partial charge in [0.15, 0.2) is 9.84 Å². The number of amides is 1. The van der Waals surface area contributed by atoms with E-state index in [-0.39, 0.29) is 34.2 Å². The quantitative estimate of drug-likeness (QED) is 0.888. The highest BCUT2D eigenvalue weighted by Gasteiger charge is 2.28. The molecule has 1 heterocycles. The number of halogens is 1. The Morgan fingerprint density at radius 3 is 2.90 bits per heavy atom. The Morgan fingerprint density at radius 1 is 1.52 bits per heavy atom. The van der Waals surface area contributed by atoms with Gasteiger partial charge in [-0.1, -0.05) is 0 Å². The Balaban J connectivity index is 1.88. The number of rotatable bonds is 5. The van der Waals surface area contributed by atoms with Crippen molar-refractivity contribution < 1.29 is 22.3 Å². The van der Waals surface area contributed by atoms with E-state index in [4.69, 9.17) is 4.74 Å². The number of carbonyl (C=O) groups is 1. The van der Waals surface area contributed by atoms with Gasteiger partial charge in [-0.15, -0.1) is 11.8 Å². The van der Waals surface area contributed by atoms with Gasteiger partial charge in [0.1, 0.15) is 11.6 Å². The van der Waals surface area contributed by atoms with Crippen LogP contribution in [0.15, 0.2) is 18.2 Å². The molecular weight excluding hydrogens is 317 g/mol. The number of carbonyl (C=O) groups excluding carboxylic acids is 1. The number of nitrogens with one attached hydrogen (secondary N) is 1. The van der Waals surface area contributed by atoms with E-state index in [2.05, 4.69) is 5.32 Å². The molecule has 0 spiro atoms. The summed E-state index contributed by atoms with van der Waals surface area (Å²) >= 11 is 1.32. The first-order chi connectivity index (χ1) is 9.89. The summed E-state index contributed by atoms with van der Waals surface area (Å²) in [5.74, 6) is 0.00486. The maximum Gasteiger partial charge on any atom is 0.234 e. The van der Waals surface area contributed by atoms with E-state index in [1.165, 1.54) is 37.1 Å². The predicted octanol–water partition coefficient (Wildman–Crippen LogP) is 1.69. The summed E-state index contributed by atoms with van der Waals surface area (Å²) in [5, 5.41) is 2.60. The van der Waals surface area contributed by atoms with Gasteiger partial charge in [-0.05, 0) is 18.6 Å². The number of hydrogen-bond donors (Lipinski definition) is 1. The highest BCUT2D eigenvalue weighted by molar-refractivity contribution is 8.02. The smallest absolute Gasteiger partial charge is 0.234 e. The Bertz CT molecular complexity index is 633. The molecule has 0 aliphatic carbocycles. The average molecular weight is 333 g/mol. The predicted molar refractivity (Wildman–Crippen MR) is 81.1 cm³/mol. The van der Waals surface area contributed by atoms with Crippen molar-refractivity contribution in [1.29, 1.82) is 0 Å². The third kappa shape index (κ3) is 4.60. The van der Waals surface area contributed by atoms with E-state index < -0.39 is 15.7 Å². The maximum atomic E-state index is 13.0. The van der Waals surface area contributed by atoms with Gasteiger partial charge in [-0.3, -0.25) is 4.79 Å². The number of sulfone groups is 1. The summed E-state index contributed by atoms with van der Waals surface area (Å²) in [6, 6.07) is 3.85.